The summed E-state index contributed by atoms with van der Waals surface area (Å²) in [5.41, 5.74) is 0.892. The van der Waals surface area contributed by atoms with Crippen LogP contribution in [-0.4, -0.2) is 15.3 Å². The van der Waals surface area contributed by atoms with E-state index in [-0.39, 0.29) is 6.61 Å². The normalized spacial score (nSPS) is 11.0. The number of benzene rings is 1. The maximum atomic E-state index is 9.00. The van der Waals surface area contributed by atoms with Crippen molar-refractivity contribution in [1.82, 2.24) is 10.2 Å². The molecule has 0 aliphatic carbocycles. The van der Waals surface area contributed by atoms with Crippen LogP contribution in [0.25, 0.3) is 11.7 Å². The van der Waals surface area contributed by atoms with Gasteiger partial charge in [0.2, 0.25) is 5.89 Å². The summed E-state index contributed by atoms with van der Waals surface area (Å²) < 4.78 is 11.5. The molecule has 5 nitrogen and oxygen atoms in total. The number of halogens is 1. The Kier molecular flexibility index (Phi) is 4.42. The van der Waals surface area contributed by atoms with Crippen LogP contribution in [0.4, 0.5) is 0 Å². The Bertz CT molecular complexity index is 724. The first-order valence-corrected chi connectivity index (χ1v) is 7.93. The molecule has 108 valence electrons. The molecule has 0 saturated heterocycles. The lowest BCUT2D eigenvalue weighted by atomic mass is 10.2. The number of aliphatic hydroxyl groups excluding tert-OH is 1. The second-order valence-electron chi connectivity index (χ2n) is 4.20. The SMILES string of the molecule is OCc1ccc(SCc2nnc(-c3ccc(Br)o3)o2)cc1. The summed E-state index contributed by atoms with van der Waals surface area (Å²) in [5.74, 6) is 2.02. The van der Waals surface area contributed by atoms with E-state index >= 15 is 0 Å². The molecule has 0 unspecified atom stereocenters. The Morgan fingerprint density at radius 3 is 2.52 bits per heavy atom. The van der Waals surface area contributed by atoms with E-state index in [9.17, 15) is 0 Å². The van der Waals surface area contributed by atoms with Gasteiger partial charge >= 0.3 is 0 Å². The molecule has 0 fully saturated rings. The van der Waals surface area contributed by atoms with Gasteiger partial charge in [0.05, 0.1) is 12.4 Å². The zero-order valence-corrected chi connectivity index (χ0v) is 13.2. The number of aliphatic hydroxyl groups is 1. The van der Waals surface area contributed by atoms with Gasteiger partial charge < -0.3 is 13.9 Å². The lowest BCUT2D eigenvalue weighted by Gasteiger charge is -2.00. The van der Waals surface area contributed by atoms with Gasteiger partial charge in [0.25, 0.3) is 5.89 Å². The third kappa shape index (κ3) is 3.55. The molecule has 3 aromatic rings. The summed E-state index contributed by atoms with van der Waals surface area (Å²) in [6.45, 7) is 0.0523. The number of hydrogen-bond donors (Lipinski definition) is 1. The van der Waals surface area contributed by atoms with Crippen molar-refractivity contribution in [2.75, 3.05) is 0 Å². The third-order valence-corrected chi connectivity index (χ3v) is 4.14. The Hall–Kier alpha value is -1.57. The fourth-order valence-corrected chi connectivity index (χ4v) is 2.72. The van der Waals surface area contributed by atoms with Gasteiger partial charge in [-0.2, -0.15) is 0 Å². The van der Waals surface area contributed by atoms with Crippen molar-refractivity contribution >= 4 is 27.7 Å². The van der Waals surface area contributed by atoms with E-state index in [1.165, 1.54) is 0 Å². The third-order valence-electron chi connectivity index (χ3n) is 2.72. The lowest BCUT2D eigenvalue weighted by Crippen LogP contribution is -1.83. The van der Waals surface area contributed by atoms with Gasteiger partial charge in [0.1, 0.15) is 0 Å². The highest BCUT2D eigenvalue weighted by atomic mass is 79.9. The summed E-state index contributed by atoms with van der Waals surface area (Å²) >= 11 is 4.82. The molecule has 0 radical (unpaired) electrons. The minimum Gasteiger partial charge on any atom is -0.444 e. The van der Waals surface area contributed by atoms with Gasteiger partial charge in [0.15, 0.2) is 10.4 Å². The Labute approximate surface area is 133 Å². The first kappa shape index (κ1) is 14.4. The quantitative estimate of drug-likeness (QED) is 0.690. The zero-order chi connectivity index (χ0) is 14.7. The summed E-state index contributed by atoms with van der Waals surface area (Å²) in [4.78, 5) is 1.08. The Balaban J connectivity index is 1.64. The highest BCUT2D eigenvalue weighted by Gasteiger charge is 2.12. The number of thioether (sulfide) groups is 1. The van der Waals surface area contributed by atoms with Crippen LogP contribution >= 0.6 is 27.7 Å². The van der Waals surface area contributed by atoms with Gasteiger partial charge in [-0.15, -0.1) is 22.0 Å². The highest BCUT2D eigenvalue weighted by Crippen LogP contribution is 2.26. The number of furan rings is 1. The molecule has 21 heavy (non-hydrogen) atoms. The van der Waals surface area contributed by atoms with Gasteiger partial charge in [-0.1, -0.05) is 12.1 Å². The first-order valence-electron chi connectivity index (χ1n) is 6.15. The monoisotopic (exact) mass is 366 g/mol. The molecular formula is C14H11BrN2O3S. The summed E-state index contributed by atoms with van der Waals surface area (Å²) in [5, 5.41) is 17.0. The minimum atomic E-state index is 0.0523. The van der Waals surface area contributed by atoms with Crippen molar-refractivity contribution in [3.8, 4) is 11.7 Å². The molecular weight excluding hydrogens is 356 g/mol. The lowest BCUT2D eigenvalue weighted by molar-refractivity contribution is 0.282. The van der Waals surface area contributed by atoms with Gasteiger partial charge in [-0.3, -0.25) is 0 Å². The second-order valence-corrected chi connectivity index (χ2v) is 6.03. The number of hydrogen-bond acceptors (Lipinski definition) is 6. The smallest absolute Gasteiger partial charge is 0.283 e. The van der Waals surface area contributed by atoms with Crippen LogP contribution in [0, 0.1) is 0 Å². The van der Waals surface area contributed by atoms with Crippen LogP contribution in [0.3, 0.4) is 0 Å². The molecule has 0 spiro atoms. The van der Waals surface area contributed by atoms with Crippen LogP contribution in [0.5, 0.6) is 0 Å². The standard InChI is InChI=1S/C14H11BrN2O3S/c15-12-6-5-11(19-12)14-17-16-13(20-14)8-21-10-3-1-9(7-18)2-4-10/h1-6,18H,7-8H2. The number of aromatic nitrogens is 2. The van der Waals surface area contributed by atoms with E-state index in [0.717, 1.165) is 10.5 Å². The molecule has 0 bridgehead atoms. The minimum absolute atomic E-state index is 0.0523. The van der Waals surface area contributed by atoms with Crippen molar-refractivity contribution < 1.29 is 13.9 Å². The average molecular weight is 367 g/mol. The van der Waals surface area contributed by atoms with E-state index < -0.39 is 0 Å². The van der Waals surface area contributed by atoms with Gasteiger partial charge in [0, 0.05) is 4.90 Å². The molecule has 7 heteroatoms. The van der Waals surface area contributed by atoms with Crippen molar-refractivity contribution in [3.63, 3.8) is 0 Å². The summed E-state index contributed by atoms with van der Waals surface area (Å²) in [6.07, 6.45) is 0. The number of nitrogens with zero attached hydrogens (tertiary/aromatic N) is 2. The van der Waals surface area contributed by atoms with Gasteiger partial charge in [-0.25, -0.2) is 0 Å². The molecule has 0 aliphatic heterocycles. The predicted molar refractivity (Wildman–Crippen MR) is 81.6 cm³/mol. The van der Waals surface area contributed by atoms with E-state index in [4.69, 9.17) is 13.9 Å². The van der Waals surface area contributed by atoms with Crippen molar-refractivity contribution in [3.05, 3.63) is 52.5 Å². The molecule has 0 amide bonds. The first-order chi connectivity index (χ1) is 10.2. The molecule has 2 heterocycles. The van der Waals surface area contributed by atoms with Crippen molar-refractivity contribution in [1.29, 1.82) is 0 Å². The molecule has 1 aromatic carbocycles. The van der Waals surface area contributed by atoms with Crippen LogP contribution in [0.15, 0.2) is 54.8 Å². The van der Waals surface area contributed by atoms with Crippen LogP contribution in [-0.2, 0) is 12.4 Å². The van der Waals surface area contributed by atoms with E-state index in [0.29, 0.717) is 28.0 Å². The molecule has 3 rings (SSSR count). The zero-order valence-electron chi connectivity index (χ0n) is 10.8. The van der Waals surface area contributed by atoms with E-state index in [1.807, 2.05) is 24.3 Å². The second kappa shape index (κ2) is 6.46. The fraction of sp³-hybridized carbons (Fsp3) is 0.143. The van der Waals surface area contributed by atoms with Crippen LogP contribution in [0.2, 0.25) is 0 Å². The highest BCUT2D eigenvalue weighted by molar-refractivity contribution is 9.10. The molecule has 0 atom stereocenters. The Morgan fingerprint density at radius 1 is 1.05 bits per heavy atom. The molecule has 0 aliphatic rings. The molecule has 0 saturated carbocycles. The summed E-state index contributed by atoms with van der Waals surface area (Å²) in [7, 11) is 0. The molecule has 1 N–H and O–H groups in total. The van der Waals surface area contributed by atoms with Crippen molar-refractivity contribution in [2.24, 2.45) is 0 Å². The van der Waals surface area contributed by atoms with Crippen LogP contribution < -0.4 is 0 Å². The van der Waals surface area contributed by atoms with E-state index in [2.05, 4.69) is 26.1 Å². The van der Waals surface area contributed by atoms with E-state index in [1.54, 1.807) is 23.9 Å². The van der Waals surface area contributed by atoms with Gasteiger partial charge in [-0.05, 0) is 45.8 Å². The Morgan fingerprint density at radius 2 is 1.86 bits per heavy atom. The topological polar surface area (TPSA) is 72.3 Å². The summed E-state index contributed by atoms with van der Waals surface area (Å²) in [6, 6.07) is 11.2. The maximum Gasteiger partial charge on any atom is 0.283 e. The number of rotatable bonds is 5. The van der Waals surface area contributed by atoms with Crippen LogP contribution in [0.1, 0.15) is 11.5 Å². The average Bonchev–Trinajstić information content (AvgIpc) is 3.14. The molecule has 2 aromatic heterocycles. The predicted octanol–water partition coefficient (Wildman–Crippen LogP) is 3.88. The largest absolute Gasteiger partial charge is 0.444 e. The maximum absolute atomic E-state index is 9.00. The van der Waals surface area contributed by atoms with Crippen molar-refractivity contribution in [2.45, 2.75) is 17.3 Å². The fourth-order valence-electron chi connectivity index (χ4n) is 1.68.